The lowest BCUT2D eigenvalue weighted by molar-refractivity contribution is 0.0442. The molecule has 6 heteroatoms. The van der Waals surface area contributed by atoms with E-state index in [4.69, 9.17) is 4.74 Å². The first-order valence-corrected chi connectivity index (χ1v) is 9.29. The topological polar surface area (TPSA) is 75.6 Å². The Kier molecular flexibility index (Phi) is 4.38. The maximum absolute atomic E-state index is 12.5. The maximum Gasteiger partial charge on any atom is 0.240 e. The molecule has 0 bridgehead atoms. The van der Waals surface area contributed by atoms with Crippen LogP contribution in [0.5, 0.6) is 5.75 Å². The Hall–Kier alpha value is -1.89. The normalized spacial score (nSPS) is 20.0. The van der Waals surface area contributed by atoms with E-state index >= 15 is 0 Å². The fourth-order valence-corrected chi connectivity index (χ4v) is 4.34. The molecule has 128 valence electrons. The molecule has 2 aromatic rings. The summed E-state index contributed by atoms with van der Waals surface area (Å²) in [6, 6.07) is 12.3. The predicted octanol–water partition coefficient (Wildman–Crippen LogP) is 2.12. The van der Waals surface area contributed by atoms with Crippen LogP contribution in [0.2, 0.25) is 0 Å². The van der Waals surface area contributed by atoms with Gasteiger partial charge in [-0.2, -0.15) is 0 Å². The van der Waals surface area contributed by atoms with Gasteiger partial charge < -0.3 is 9.84 Å². The number of nitrogens with one attached hydrogen (secondary N) is 1. The molecule has 0 radical (unpaired) electrons. The molecule has 2 aromatic carbocycles. The van der Waals surface area contributed by atoms with Crippen molar-refractivity contribution in [3.8, 4) is 5.75 Å². The Bertz CT molecular complexity index is 863. The van der Waals surface area contributed by atoms with Gasteiger partial charge in [0.05, 0.1) is 12.0 Å². The number of hydrogen-bond donors (Lipinski definition) is 2. The van der Waals surface area contributed by atoms with Gasteiger partial charge in [0, 0.05) is 6.54 Å². The molecule has 0 fully saturated rings. The third-order valence-corrected chi connectivity index (χ3v) is 5.96. The summed E-state index contributed by atoms with van der Waals surface area (Å²) < 4.78 is 32.8. The Balaban J connectivity index is 1.80. The quantitative estimate of drug-likeness (QED) is 0.869. The van der Waals surface area contributed by atoms with Crippen molar-refractivity contribution < 1.29 is 18.3 Å². The fraction of sp³-hybridized carbons (Fsp3) is 0.333. The van der Waals surface area contributed by atoms with Gasteiger partial charge in [0.15, 0.2) is 0 Å². The summed E-state index contributed by atoms with van der Waals surface area (Å²) in [4.78, 5) is 0.163. The van der Waals surface area contributed by atoms with E-state index < -0.39 is 15.6 Å². The highest BCUT2D eigenvalue weighted by molar-refractivity contribution is 7.89. The van der Waals surface area contributed by atoms with Crippen molar-refractivity contribution >= 4 is 10.0 Å². The van der Waals surface area contributed by atoms with Crippen LogP contribution in [-0.4, -0.2) is 27.2 Å². The van der Waals surface area contributed by atoms with Crippen LogP contribution in [0.15, 0.2) is 47.4 Å². The molecule has 1 aliphatic carbocycles. The second-order valence-corrected chi connectivity index (χ2v) is 7.91. The van der Waals surface area contributed by atoms with Gasteiger partial charge in [0.2, 0.25) is 10.0 Å². The molecule has 1 atom stereocenters. The first kappa shape index (κ1) is 17.0. The van der Waals surface area contributed by atoms with Gasteiger partial charge in [0.25, 0.3) is 0 Å². The lowest BCUT2D eigenvalue weighted by Gasteiger charge is -2.24. The van der Waals surface area contributed by atoms with Crippen LogP contribution in [-0.2, 0) is 22.0 Å². The smallest absolute Gasteiger partial charge is 0.240 e. The maximum atomic E-state index is 12.5. The molecule has 5 nitrogen and oxygen atoms in total. The van der Waals surface area contributed by atoms with Gasteiger partial charge in [-0.1, -0.05) is 24.3 Å². The minimum Gasteiger partial charge on any atom is -0.496 e. The third kappa shape index (κ3) is 3.05. The van der Waals surface area contributed by atoms with Gasteiger partial charge in [-0.3, -0.25) is 0 Å². The summed E-state index contributed by atoms with van der Waals surface area (Å²) in [5.41, 5.74) is 1.45. The van der Waals surface area contributed by atoms with Crippen molar-refractivity contribution in [3.63, 3.8) is 0 Å². The first-order chi connectivity index (χ1) is 11.4. The average molecular weight is 347 g/mol. The van der Waals surface area contributed by atoms with E-state index in [0.717, 1.165) is 23.1 Å². The van der Waals surface area contributed by atoms with Crippen LogP contribution in [0.25, 0.3) is 0 Å². The van der Waals surface area contributed by atoms with Gasteiger partial charge >= 0.3 is 0 Å². The molecule has 0 spiro atoms. The van der Waals surface area contributed by atoms with Crippen molar-refractivity contribution in [3.05, 3.63) is 59.2 Å². The molecule has 0 unspecified atom stereocenters. The molecule has 2 N–H and O–H groups in total. The summed E-state index contributed by atoms with van der Waals surface area (Å²) >= 11 is 0. The SMILES string of the molecule is COc1ccc(S(=O)(=O)NC[C@]2(O)CCc3ccccc32)cc1C. The van der Waals surface area contributed by atoms with Crippen molar-refractivity contribution in [1.82, 2.24) is 4.72 Å². The van der Waals surface area contributed by atoms with E-state index in [1.807, 2.05) is 24.3 Å². The summed E-state index contributed by atoms with van der Waals surface area (Å²) in [5, 5.41) is 10.8. The fourth-order valence-electron chi connectivity index (χ4n) is 3.17. The number of methoxy groups -OCH3 is 1. The zero-order valence-corrected chi connectivity index (χ0v) is 14.6. The Morgan fingerprint density at radius 2 is 2.00 bits per heavy atom. The summed E-state index contributed by atoms with van der Waals surface area (Å²) in [6.07, 6.45) is 1.26. The average Bonchev–Trinajstić information content (AvgIpc) is 2.91. The monoisotopic (exact) mass is 347 g/mol. The highest BCUT2D eigenvalue weighted by atomic mass is 32.2. The van der Waals surface area contributed by atoms with Crippen LogP contribution >= 0.6 is 0 Å². The minimum atomic E-state index is -3.70. The van der Waals surface area contributed by atoms with E-state index in [2.05, 4.69) is 4.72 Å². The molecular weight excluding hydrogens is 326 g/mol. The summed E-state index contributed by atoms with van der Waals surface area (Å²) in [6.45, 7) is 1.75. The van der Waals surface area contributed by atoms with Crippen LogP contribution < -0.4 is 9.46 Å². The molecular formula is C18H21NO4S. The van der Waals surface area contributed by atoms with Crippen LogP contribution in [0.3, 0.4) is 0 Å². The number of rotatable bonds is 5. The largest absolute Gasteiger partial charge is 0.496 e. The minimum absolute atomic E-state index is 0.0442. The number of aliphatic hydroxyl groups is 1. The summed E-state index contributed by atoms with van der Waals surface area (Å²) in [7, 11) is -2.16. The Labute approximate surface area is 142 Å². The standard InChI is InChI=1S/C18H21NO4S/c1-13-11-15(7-8-17(13)23-2)24(21,22)19-12-18(20)10-9-14-5-3-4-6-16(14)18/h3-8,11,19-20H,9-10,12H2,1-2H3/t18-/m1/s1. The van der Waals surface area contributed by atoms with Gasteiger partial charge in [-0.25, -0.2) is 13.1 Å². The number of benzene rings is 2. The zero-order chi connectivity index (χ0) is 17.4. The summed E-state index contributed by atoms with van der Waals surface area (Å²) in [5.74, 6) is 0.636. The van der Waals surface area contributed by atoms with E-state index in [1.165, 1.54) is 6.07 Å². The molecule has 0 saturated carbocycles. The van der Waals surface area contributed by atoms with E-state index in [0.29, 0.717) is 12.2 Å². The molecule has 0 saturated heterocycles. The molecule has 0 aliphatic heterocycles. The van der Waals surface area contributed by atoms with Gasteiger partial charge in [0.1, 0.15) is 11.4 Å². The first-order valence-electron chi connectivity index (χ1n) is 7.81. The van der Waals surface area contributed by atoms with Crippen molar-refractivity contribution in [2.45, 2.75) is 30.3 Å². The van der Waals surface area contributed by atoms with Gasteiger partial charge in [-0.05, 0) is 54.7 Å². The number of hydrogen-bond acceptors (Lipinski definition) is 4. The third-order valence-electron chi connectivity index (χ3n) is 4.56. The van der Waals surface area contributed by atoms with Crippen LogP contribution in [0.4, 0.5) is 0 Å². The second-order valence-electron chi connectivity index (χ2n) is 6.14. The molecule has 0 amide bonds. The van der Waals surface area contributed by atoms with Crippen molar-refractivity contribution in [2.24, 2.45) is 0 Å². The number of aryl methyl sites for hydroxylation is 2. The molecule has 1 aliphatic rings. The van der Waals surface area contributed by atoms with E-state index in [-0.39, 0.29) is 11.4 Å². The van der Waals surface area contributed by atoms with Gasteiger partial charge in [-0.15, -0.1) is 0 Å². The van der Waals surface area contributed by atoms with E-state index in [9.17, 15) is 13.5 Å². The number of sulfonamides is 1. The predicted molar refractivity (Wildman–Crippen MR) is 91.6 cm³/mol. The van der Waals surface area contributed by atoms with Crippen molar-refractivity contribution in [1.29, 1.82) is 0 Å². The highest BCUT2D eigenvalue weighted by Gasteiger charge is 2.37. The molecule has 0 aromatic heterocycles. The molecule has 3 rings (SSSR count). The van der Waals surface area contributed by atoms with Crippen LogP contribution in [0, 0.1) is 6.92 Å². The number of ether oxygens (including phenoxy) is 1. The lowest BCUT2D eigenvalue weighted by Crippen LogP contribution is -2.39. The zero-order valence-electron chi connectivity index (χ0n) is 13.7. The van der Waals surface area contributed by atoms with E-state index in [1.54, 1.807) is 26.2 Å². The highest BCUT2D eigenvalue weighted by Crippen LogP contribution is 2.36. The van der Waals surface area contributed by atoms with Crippen molar-refractivity contribution in [2.75, 3.05) is 13.7 Å². The number of fused-ring (bicyclic) bond motifs is 1. The lowest BCUT2D eigenvalue weighted by atomic mass is 9.96. The van der Waals surface area contributed by atoms with Crippen LogP contribution in [0.1, 0.15) is 23.1 Å². The molecule has 24 heavy (non-hydrogen) atoms. The molecule has 0 heterocycles. The second kappa shape index (κ2) is 6.20. The Morgan fingerprint density at radius 3 is 2.71 bits per heavy atom. The Morgan fingerprint density at radius 1 is 1.25 bits per heavy atom.